The second kappa shape index (κ2) is 9.79. The third kappa shape index (κ3) is 5.39. The topological polar surface area (TPSA) is 78.9 Å². The minimum absolute atomic E-state index is 0.112. The molecule has 8 heteroatoms. The number of carbonyl (C=O) groups is 1. The number of thiazole rings is 1. The molecular formula is C21H22N2O5S. The van der Waals surface area contributed by atoms with E-state index in [9.17, 15) is 4.79 Å². The highest BCUT2D eigenvalue weighted by Crippen LogP contribution is 2.33. The van der Waals surface area contributed by atoms with E-state index in [1.165, 1.54) is 11.3 Å². The molecule has 29 heavy (non-hydrogen) atoms. The summed E-state index contributed by atoms with van der Waals surface area (Å²) in [4.78, 5) is 16.6. The lowest BCUT2D eigenvalue weighted by molar-refractivity contribution is -0.118. The van der Waals surface area contributed by atoms with Crippen LogP contribution in [0.5, 0.6) is 23.0 Å². The van der Waals surface area contributed by atoms with E-state index in [1.54, 1.807) is 38.5 Å². The molecule has 3 rings (SSSR count). The van der Waals surface area contributed by atoms with E-state index in [0.29, 0.717) is 29.0 Å². The van der Waals surface area contributed by atoms with Crippen LogP contribution in [-0.4, -0.2) is 38.3 Å². The van der Waals surface area contributed by atoms with Gasteiger partial charge in [-0.15, -0.1) is 11.3 Å². The van der Waals surface area contributed by atoms with Crippen molar-refractivity contribution in [2.75, 3.05) is 32.8 Å². The van der Waals surface area contributed by atoms with Gasteiger partial charge in [0.1, 0.15) is 11.5 Å². The minimum atomic E-state index is -0.285. The maximum Gasteiger partial charge on any atom is 0.264 e. The smallest absolute Gasteiger partial charge is 0.264 e. The van der Waals surface area contributed by atoms with Crippen molar-refractivity contribution in [2.45, 2.75) is 6.92 Å². The van der Waals surface area contributed by atoms with Crippen LogP contribution in [-0.2, 0) is 4.79 Å². The molecule has 1 amide bonds. The van der Waals surface area contributed by atoms with Crippen LogP contribution in [0, 0.1) is 0 Å². The van der Waals surface area contributed by atoms with Gasteiger partial charge in [-0.25, -0.2) is 4.98 Å². The summed E-state index contributed by atoms with van der Waals surface area (Å²) >= 11 is 1.34. The lowest BCUT2D eigenvalue weighted by Gasteiger charge is -2.08. The maximum absolute atomic E-state index is 12.2. The molecule has 152 valence electrons. The quantitative estimate of drug-likeness (QED) is 0.564. The number of hydrogen-bond donors (Lipinski definition) is 1. The Hall–Kier alpha value is -3.26. The SMILES string of the molecule is CCOc1ccc(OCC(=O)Nc2nc(-c3ccc(OC)c(OC)c3)cs2)cc1. The van der Waals surface area contributed by atoms with Gasteiger partial charge in [0.2, 0.25) is 0 Å². The van der Waals surface area contributed by atoms with E-state index in [2.05, 4.69) is 10.3 Å². The number of rotatable bonds is 9. The van der Waals surface area contributed by atoms with Crippen molar-refractivity contribution in [1.82, 2.24) is 4.98 Å². The highest BCUT2D eigenvalue weighted by atomic mass is 32.1. The van der Waals surface area contributed by atoms with Crippen molar-refractivity contribution in [1.29, 1.82) is 0 Å². The van der Waals surface area contributed by atoms with Crippen molar-refractivity contribution < 1.29 is 23.7 Å². The number of nitrogens with zero attached hydrogens (tertiary/aromatic N) is 1. The summed E-state index contributed by atoms with van der Waals surface area (Å²) in [6.45, 7) is 2.41. The van der Waals surface area contributed by atoms with E-state index in [-0.39, 0.29) is 12.5 Å². The van der Waals surface area contributed by atoms with Crippen molar-refractivity contribution in [2.24, 2.45) is 0 Å². The monoisotopic (exact) mass is 414 g/mol. The fraction of sp³-hybridized carbons (Fsp3) is 0.238. The van der Waals surface area contributed by atoms with Gasteiger partial charge in [-0.1, -0.05) is 0 Å². The van der Waals surface area contributed by atoms with Crippen LogP contribution in [0.2, 0.25) is 0 Å². The summed E-state index contributed by atoms with van der Waals surface area (Å²) in [7, 11) is 3.17. The molecule has 0 unspecified atom stereocenters. The van der Waals surface area contributed by atoms with Gasteiger partial charge in [-0.3, -0.25) is 10.1 Å². The van der Waals surface area contributed by atoms with Crippen molar-refractivity contribution >= 4 is 22.4 Å². The second-order valence-electron chi connectivity index (χ2n) is 5.85. The molecule has 0 aliphatic heterocycles. The fourth-order valence-electron chi connectivity index (χ4n) is 2.56. The molecule has 1 N–H and O–H groups in total. The number of ether oxygens (including phenoxy) is 4. The number of aromatic nitrogens is 1. The first-order valence-electron chi connectivity index (χ1n) is 8.96. The van der Waals surface area contributed by atoms with Crippen LogP contribution in [0.25, 0.3) is 11.3 Å². The van der Waals surface area contributed by atoms with Crippen molar-refractivity contribution in [3.63, 3.8) is 0 Å². The van der Waals surface area contributed by atoms with Gasteiger partial charge in [0.05, 0.1) is 26.5 Å². The summed E-state index contributed by atoms with van der Waals surface area (Å²) in [6.07, 6.45) is 0. The molecule has 0 bridgehead atoms. The molecule has 0 aliphatic carbocycles. The number of nitrogens with one attached hydrogen (secondary N) is 1. The number of methoxy groups -OCH3 is 2. The van der Waals surface area contributed by atoms with E-state index in [4.69, 9.17) is 18.9 Å². The van der Waals surface area contributed by atoms with Crippen LogP contribution < -0.4 is 24.3 Å². The Morgan fingerprint density at radius 2 is 1.69 bits per heavy atom. The van der Waals surface area contributed by atoms with Crippen molar-refractivity contribution in [3.05, 3.63) is 47.8 Å². The highest BCUT2D eigenvalue weighted by molar-refractivity contribution is 7.14. The minimum Gasteiger partial charge on any atom is -0.494 e. The van der Waals surface area contributed by atoms with Gasteiger partial charge in [0, 0.05) is 10.9 Å². The zero-order valence-corrected chi connectivity index (χ0v) is 17.2. The number of hydrogen-bond acceptors (Lipinski definition) is 7. The number of anilines is 1. The Balaban J connectivity index is 1.57. The molecule has 3 aromatic rings. The molecule has 2 aromatic carbocycles. The summed E-state index contributed by atoms with van der Waals surface area (Å²) in [5.74, 6) is 2.33. The maximum atomic E-state index is 12.2. The summed E-state index contributed by atoms with van der Waals surface area (Å²) in [6, 6.07) is 12.7. The average Bonchev–Trinajstić information content (AvgIpc) is 3.21. The van der Waals surface area contributed by atoms with Crippen molar-refractivity contribution in [3.8, 4) is 34.3 Å². The first-order valence-corrected chi connectivity index (χ1v) is 9.84. The molecule has 0 saturated carbocycles. The van der Waals surface area contributed by atoms with E-state index in [1.807, 2.05) is 30.5 Å². The first-order chi connectivity index (χ1) is 14.1. The molecule has 0 atom stereocenters. The Morgan fingerprint density at radius 1 is 1.00 bits per heavy atom. The van der Waals surface area contributed by atoms with Gasteiger partial charge in [-0.2, -0.15) is 0 Å². The van der Waals surface area contributed by atoms with Crippen LogP contribution in [0.15, 0.2) is 47.8 Å². The second-order valence-corrected chi connectivity index (χ2v) is 6.71. The molecule has 1 aromatic heterocycles. The fourth-order valence-corrected chi connectivity index (χ4v) is 3.30. The summed E-state index contributed by atoms with van der Waals surface area (Å²) < 4.78 is 21.4. The third-order valence-corrected chi connectivity index (χ3v) is 4.69. The van der Waals surface area contributed by atoms with Crippen LogP contribution >= 0.6 is 11.3 Å². The lowest BCUT2D eigenvalue weighted by Crippen LogP contribution is -2.20. The lowest BCUT2D eigenvalue weighted by atomic mass is 10.1. The standard InChI is InChI=1S/C21H22N2O5S/c1-4-27-15-6-8-16(9-7-15)28-12-20(24)23-21-22-17(13-29-21)14-5-10-18(25-2)19(11-14)26-3/h5-11,13H,4,12H2,1-3H3,(H,22,23,24). The Kier molecular flexibility index (Phi) is 6.91. The predicted octanol–water partition coefficient (Wildman–Crippen LogP) is 4.24. The Morgan fingerprint density at radius 3 is 2.34 bits per heavy atom. The molecule has 7 nitrogen and oxygen atoms in total. The highest BCUT2D eigenvalue weighted by Gasteiger charge is 2.11. The van der Waals surface area contributed by atoms with E-state index in [0.717, 1.165) is 17.0 Å². The molecule has 0 radical (unpaired) electrons. The van der Waals surface area contributed by atoms with Crippen LogP contribution in [0.4, 0.5) is 5.13 Å². The van der Waals surface area contributed by atoms with E-state index >= 15 is 0 Å². The Bertz CT molecular complexity index is 956. The Labute approximate surface area is 173 Å². The van der Waals surface area contributed by atoms with Gasteiger partial charge in [0.15, 0.2) is 23.2 Å². The van der Waals surface area contributed by atoms with Gasteiger partial charge in [0.25, 0.3) is 5.91 Å². The summed E-state index contributed by atoms with van der Waals surface area (Å²) in [5.41, 5.74) is 1.60. The zero-order chi connectivity index (χ0) is 20.6. The summed E-state index contributed by atoms with van der Waals surface area (Å²) in [5, 5.41) is 5.11. The van der Waals surface area contributed by atoms with E-state index < -0.39 is 0 Å². The first kappa shape index (κ1) is 20.5. The number of benzene rings is 2. The van der Waals surface area contributed by atoms with Gasteiger partial charge < -0.3 is 18.9 Å². The normalized spacial score (nSPS) is 10.3. The molecule has 0 fully saturated rings. The van der Waals surface area contributed by atoms with Gasteiger partial charge in [-0.05, 0) is 49.4 Å². The molecule has 0 aliphatic rings. The van der Waals surface area contributed by atoms with Crippen LogP contribution in [0.3, 0.4) is 0 Å². The molecule has 0 spiro atoms. The third-order valence-electron chi connectivity index (χ3n) is 3.93. The average molecular weight is 414 g/mol. The molecule has 0 saturated heterocycles. The number of amides is 1. The van der Waals surface area contributed by atoms with Crippen LogP contribution in [0.1, 0.15) is 6.92 Å². The molecular weight excluding hydrogens is 392 g/mol. The molecule has 1 heterocycles. The van der Waals surface area contributed by atoms with Gasteiger partial charge >= 0.3 is 0 Å². The largest absolute Gasteiger partial charge is 0.494 e. The zero-order valence-electron chi connectivity index (χ0n) is 16.4. The predicted molar refractivity (Wildman–Crippen MR) is 112 cm³/mol. The number of carbonyl (C=O) groups excluding carboxylic acids is 1.